The van der Waals surface area contributed by atoms with Gasteiger partial charge < -0.3 is 14.8 Å². The van der Waals surface area contributed by atoms with Crippen LogP contribution in [0.5, 0.6) is 0 Å². The monoisotopic (exact) mass is 595 g/mol. The van der Waals surface area contributed by atoms with Crippen LogP contribution in [0.4, 0.5) is 0 Å². The topological polar surface area (TPSA) is 41.5 Å². The van der Waals surface area contributed by atoms with Crippen molar-refractivity contribution in [2.45, 2.75) is 191 Å². The predicted molar refractivity (Wildman–Crippen MR) is 175 cm³/mol. The Morgan fingerprint density at radius 3 is 2.30 bits per heavy atom. The first-order valence-electron chi connectivity index (χ1n) is 17.5. The van der Waals surface area contributed by atoms with E-state index in [1.165, 1.54) is 109 Å². The molecule has 1 saturated heterocycles. The highest BCUT2D eigenvalue weighted by atomic mass is 35.5. The number of fused-ring (bicyclic) bond motifs is 1. The van der Waals surface area contributed by atoms with E-state index in [1.54, 1.807) is 0 Å². The second-order valence-electron chi connectivity index (χ2n) is 16.9. The van der Waals surface area contributed by atoms with Gasteiger partial charge in [0.1, 0.15) is 0 Å². The van der Waals surface area contributed by atoms with Crippen LogP contribution < -0.4 is 5.32 Å². The van der Waals surface area contributed by atoms with Gasteiger partial charge in [-0.05, 0) is 139 Å². The van der Waals surface area contributed by atoms with Gasteiger partial charge in [-0.3, -0.25) is 0 Å². The fraction of sp³-hybridized carbons (Fsp3) is 1.00. The maximum Gasteiger partial charge on any atom is 0.192 e. The van der Waals surface area contributed by atoms with Crippen LogP contribution in [0, 0.1) is 29.6 Å². The minimum Gasteiger partial charge on any atom is -0.414 e. The zero-order valence-corrected chi connectivity index (χ0v) is 29.2. The summed E-state index contributed by atoms with van der Waals surface area (Å²) in [4.78, 5) is 0. The fourth-order valence-electron chi connectivity index (χ4n) is 8.94. The van der Waals surface area contributed by atoms with E-state index in [1.807, 2.05) is 0 Å². The van der Waals surface area contributed by atoms with Crippen LogP contribution in [0.25, 0.3) is 0 Å². The maximum atomic E-state index is 11.0. The predicted octanol–water partition coefficient (Wildman–Crippen LogP) is 9.85. The second kappa shape index (κ2) is 14.0. The molecule has 9 unspecified atom stereocenters. The molecule has 3 nitrogen and oxygen atoms in total. The molecule has 4 rings (SSSR count). The van der Waals surface area contributed by atoms with Crippen molar-refractivity contribution in [1.82, 2.24) is 5.32 Å². The molecule has 0 spiro atoms. The van der Waals surface area contributed by atoms with Crippen molar-refractivity contribution in [3.05, 3.63) is 0 Å². The van der Waals surface area contributed by atoms with Crippen molar-refractivity contribution in [2.24, 2.45) is 29.6 Å². The van der Waals surface area contributed by atoms with E-state index >= 15 is 0 Å². The number of halogens is 1. The highest BCUT2D eigenvalue weighted by Crippen LogP contribution is 2.45. The van der Waals surface area contributed by atoms with Crippen LogP contribution in [0.15, 0.2) is 0 Å². The molecule has 0 aromatic carbocycles. The molecule has 40 heavy (non-hydrogen) atoms. The average Bonchev–Trinajstić information content (AvgIpc) is 2.88. The molecule has 1 heterocycles. The van der Waals surface area contributed by atoms with E-state index < -0.39 is 13.9 Å². The van der Waals surface area contributed by atoms with E-state index in [0.29, 0.717) is 41.3 Å². The SMILES string of the molecule is CC(C)(O)C1CCCCC1CCC(O[Si](C)(C)C(C)(C)C)C1CCCC(CCC2CCC3CCC(Cl)CC3N2)C1. The zero-order valence-electron chi connectivity index (χ0n) is 27.5. The van der Waals surface area contributed by atoms with Crippen LogP contribution in [-0.2, 0) is 4.43 Å². The number of aliphatic hydroxyl groups is 1. The van der Waals surface area contributed by atoms with E-state index in [9.17, 15) is 5.11 Å². The van der Waals surface area contributed by atoms with Gasteiger partial charge in [0.2, 0.25) is 0 Å². The van der Waals surface area contributed by atoms with Gasteiger partial charge in [-0.25, -0.2) is 0 Å². The minimum atomic E-state index is -1.85. The lowest BCUT2D eigenvalue weighted by Gasteiger charge is -2.45. The summed E-state index contributed by atoms with van der Waals surface area (Å²) >= 11 is 6.55. The normalized spacial score (nSPS) is 37.1. The molecule has 234 valence electrons. The molecule has 4 fully saturated rings. The Balaban J connectivity index is 1.36. The van der Waals surface area contributed by atoms with Gasteiger partial charge in [0.25, 0.3) is 0 Å². The number of rotatable bonds is 10. The highest BCUT2D eigenvalue weighted by Gasteiger charge is 2.43. The van der Waals surface area contributed by atoms with Crippen molar-refractivity contribution in [3.8, 4) is 0 Å². The van der Waals surface area contributed by atoms with Crippen molar-refractivity contribution in [3.63, 3.8) is 0 Å². The third-order valence-corrected chi connectivity index (χ3v) is 17.3. The molecule has 0 bridgehead atoms. The van der Waals surface area contributed by atoms with Gasteiger partial charge in [0.15, 0.2) is 8.32 Å². The number of hydrogen-bond donors (Lipinski definition) is 2. The lowest BCUT2D eigenvalue weighted by Crippen LogP contribution is -2.50. The first-order chi connectivity index (χ1) is 18.7. The number of hydrogen-bond acceptors (Lipinski definition) is 3. The Morgan fingerprint density at radius 2 is 1.57 bits per heavy atom. The standard InChI is InChI=1S/C35H66ClNO2Si/c1-34(2,3)40(6,7)39-33(22-18-26-12-8-9-14-31(26)35(4,5)38)28-13-10-11-25(23-28)15-20-30-21-17-27-16-19-29(36)24-32(27)37-30/h25-33,37-38H,8-24H2,1-7H3. The number of nitrogens with one attached hydrogen (secondary N) is 1. The van der Waals surface area contributed by atoms with Crippen molar-refractivity contribution < 1.29 is 9.53 Å². The first kappa shape index (κ1) is 33.3. The van der Waals surface area contributed by atoms with Gasteiger partial charge in [0, 0.05) is 23.6 Å². The van der Waals surface area contributed by atoms with Gasteiger partial charge >= 0.3 is 0 Å². The maximum absolute atomic E-state index is 11.0. The van der Waals surface area contributed by atoms with Crippen LogP contribution in [0.2, 0.25) is 18.1 Å². The largest absolute Gasteiger partial charge is 0.414 e. The Labute approximate surface area is 254 Å². The quantitative estimate of drug-likeness (QED) is 0.195. The van der Waals surface area contributed by atoms with Gasteiger partial charge in [0.05, 0.1) is 5.60 Å². The summed E-state index contributed by atoms with van der Waals surface area (Å²) in [6.45, 7) is 16.2. The lowest BCUT2D eigenvalue weighted by molar-refractivity contribution is -0.0341. The summed E-state index contributed by atoms with van der Waals surface area (Å²) in [6.07, 6.45) is 22.6. The van der Waals surface area contributed by atoms with Crippen LogP contribution in [0.1, 0.15) is 144 Å². The van der Waals surface area contributed by atoms with Gasteiger partial charge in [-0.15, -0.1) is 11.6 Å². The molecule has 5 heteroatoms. The van der Waals surface area contributed by atoms with E-state index in [2.05, 4.69) is 53.0 Å². The molecule has 4 aliphatic rings. The third-order valence-electron chi connectivity index (χ3n) is 12.4. The molecular weight excluding hydrogens is 530 g/mol. The summed E-state index contributed by atoms with van der Waals surface area (Å²) in [5.41, 5.74) is -0.563. The number of alkyl halides is 1. The first-order valence-corrected chi connectivity index (χ1v) is 20.9. The van der Waals surface area contributed by atoms with E-state index in [-0.39, 0.29) is 5.04 Å². The average molecular weight is 596 g/mol. The lowest BCUT2D eigenvalue weighted by atomic mass is 9.68. The van der Waals surface area contributed by atoms with Crippen molar-refractivity contribution in [2.75, 3.05) is 0 Å². The molecule has 3 aliphatic carbocycles. The van der Waals surface area contributed by atoms with Crippen LogP contribution in [-0.4, -0.2) is 42.6 Å². The molecule has 1 aliphatic heterocycles. The Kier molecular flexibility index (Phi) is 11.6. The Hall–Kier alpha value is 0.387. The molecule has 9 atom stereocenters. The fourth-order valence-corrected chi connectivity index (χ4v) is 10.7. The van der Waals surface area contributed by atoms with Gasteiger partial charge in [-0.2, -0.15) is 0 Å². The zero-order chi connectivity index (χ0) is 29.1. The smallest absolute Gasteiger partial charge is 0.192 e. The molecule has 0 aromatic heterocycles. The second-order valence-corrected chi connectivity index (χ2v) is 22.3. The molecule has 0 amide bonds. The minimum absolute atomic E-state index is 0.242. The Morgan fingerprint density at radius 1 is 0.850 bits per heavy atom. The van der Waals surface area contributed by atoms with Crippen LogP contribution >= 0.6 is 11.6 Å². The third kappa shape index (κ3) is 8.96. The van der Waals surface area contributed by atoms with Crippen molar-refractivity contribution in [1.29, 1.82) is 0 Å². The summed E-state index contributed by atoms with van der Waals surface area (Å²) in [5, 5.41) is 15.6. The van der Waals surface area contributed by atoms with E-state index in [4.69, 9.17) is 16.0 Å². The summed E-state index contributed by atoms with van der Waals surface area (Å²) < 4.78 is 7.32. The highest BCUT2D eigenvalue weighted by molar-refractivity contribution is 6.74. The molecule has 2 N–H and O–H groups in total. The van der Waals surface area contributed by atoms with E-state index in [0.717, 1.165) is 11.8 Å². The summed E-state index contributed by atoms with van der Waals surface area (Å²) in [5.74, 6) is 3.52. The molecule has 0 radical (unpaired) electrons. The molecular formula is C35H66ClNO2Si. The van der Waals surface area contributed by atoms with Gasteiger partial charge in [-0.1, -0.05) is 52.9 Å². The Bertz CT molecular complexity index is 776. The summed E-state index contributed by atoms with van der Waals surface area (Å²) in [7, 11) is -1.85. The van der Waals surface area contributed by atoms with Crippen molar-refractivity contribution >= 4 is 19.9 Å². The molecule has 0 aromatic rings. The number of piperidine rings is 1. The summed E-state index contributed by atoms with van der Waals surface area (Å²) in [6, 6.07) is 1.37. The van der Waals surface area contributed by atoms with Crippen LogP contribution in [0.3, 0.4) is 0 Å². The molecule has 3 saturated carbocycles.